The number of ether oxygens (including phenoxy) is 4. The summed E-state index contributed by atoms with van der Waals surface area (Å²) in [5.74, 6) is 1.03. The maximum Gasteiger partial charge on any atom is 0.472 e. The van der Waals surface area contributed by atoms with Crippen molar-refractivity contribution in [2.75, 3.05) is 39.6 Å². The van der Waals surface area contributed by atoms with Crippen molar-refractivity contribution in [3.8, 4) is 0 Å². The zero-order valence-corrected chi connectivity index (χ0v) is 68.3. The van der Waals surface area contributed by atoms with Crippen LogP contribution in [0, 0.1) is 23.7 Å². The Morgan fingerprint density at radius 2 is 0.475 bits per heavy atom. The van der Waals surface area contributed by atoms with Gasteiger partial charge in [-0.15, -0.1) is 0 Å². The van der Waals surface area contributed by atoms with E-state index in [4.69, 9.17) is 37.0 Å². The molecule has 0 aromatic heterocycles. The van der Waals surface area contributed by atoms with E-state index >= 15 is 0 Å². The number of rotatable bonds is 79. The maximum atomic E-state index is 13.1. The molecule has 0 radical (unpaired) electrons. The fourth-order valence-electron chi connectivity index (χ4n) is 12.5. The van der Waals surface area contributed by atoms with E-state index in [9.17, 15) is 43.2 Å². The predicted octanol–water partition coefficient (Wildman–Crippen LogP) is 24.4. The molecule has 0 fully saturated rings. The van der Waals surface area contributed by atoms with Gasteiger partial charge in [-0.05, 0) is 49.4 Å². The minimum Gasteiger partial charge on any atom is -0.462 e. The van der Waals surface area contributed by atoms with E-state index in [0.29, 0.717) is 31.6 Å². The van der Waals surface area contributed by atoms with Crippen molar-refractivity contribution in [2.45, 2.75) is 440 Å². The number of carbonyl (C=O) groups is 4. The van der Waals surface area contributed by atoms with Crippen molar-refractivity contribution in [2.24, 2.45) is 23.7 Å². The van der Waals surface area contributed by atoms with E-state index in [-0.39, 0.29) is 25.7 Å². The van der Waals surface area contributed by atoms with Gasteiger partial charge in [0, 0.05) is 25.7 Å². The van der Waals surface area contributed by atoms with Crippen LogP contribution in [0.4, 0.5) is 0 Å². The van der Waals surface area contributed by atoms with E-state index < -0.39 is 97.5 Å². The number of unbranched alkanes of at least 4 members (excludes halogenated alkanes) is 43. The summed E-state index contributed by atoms with van der Waals surface area (Å²) in [6.45, 7) is 14.3. The van der Waals surface area contributed by atoms with Gasteiger partial charge < -0.3 is 33.8 Å². The molecule has 600 valence electrons. The highest BCUT2D eigenvalue weighted by Crippen LogP contribution is 2.45. The van der Waals surface area contributed by atoms with Crippen molar-refractivity contribution in [1.29, 1.82) is 0 Å². The van der Waals surface area contributed by atoms with E-state index in [0.717, 1.165) is 114 Å². The smallest absolute Gasteiger partial charge is 0.462 e. The topological polar surface area (TPSA) is 237 Å². The lowest BCUT2D eigenvalue weighted by Crippen LogP contribution is -2.30. The molecule has 0 bridgehead atoms. The van der Waals surface area contributed by atoms with Crippen LogP contribution in [-0.2, 0) is 65.4 Å². The quantitative estimate of drug-likeness (QED) is 0.0222. The second-order valence-corrected chi connectivity index (χ2v) is 33.9. The zero-order valence-electron chi connectivity index (χ0n) is 66.5. The third-order valence-electron chi connectivity index (χ3n) is 19.8. The minimum atomic E-state index is -4.96. The minimum absolute atomic E-state index is 0.104. The summed E-state index contributed by atoms with van der Waals surface area (Å²) in [6, 6.07) is 0. The van der Waals surface area contributed by atoms with Gasteiger partial charge in [0.15, 0.2) is 12.2 Å². The number of phosphoric acid groups is 2. The van der Waals surface area contributed by atoms with Crippen molar-refractivity contribution >= 4 is 39.5 Å². The highest BCUT2D eigenvalue weighted by atomic mass is 31.2. The van der Waals surface area contributed by atoms with Crippen LogP contribution in [0.5, 0.6) is 0 Å². The summed E-state index contributed by atoms with van der Waals surface area (Å²) in [5.41, 5.74) is 0. The summed E-state index contributed by atoms with van der Waals surface area (Å²) in [4.78, 5) is 73.0. The fourth-order valence-corrected chi connectivity index (χ4v) is 14.1. The third-order valence-corrected chi connectivity index (χ3v) is 21.7. The molecule has 0 aliphatic heterocycles. The first-order valence-electron chi connectivity index (χ1n) is 42.3. The summed E-state index contributed by atoms with van der Waals surface area (Å²) in [7, 11) is -9.92. The molecule has 0 saturated heterocycles. The van der Waals surface area contributed by atoms with Gasteiger partial charge in [-0.3, -0.25) is 37.3 Å². The Balaban J connectivity index is 5.22. The summed E-state index contributed by atoms with van der Waals surface area (Å²) in [6.07, 6.45) is 58.4. The van der Waals surface area contributed by atoms with Crippen LogP contribution in [0.15, 0.2) is 0 Å². The molecule has 5 unspecified atom stereocenters. The molecule has 7 atom stereocenters. The number of esters is 4. The van der Waals surface area contributed by atoms with Gasteiger partial charge in [-0.25, -0.2) is 9.13 Å². The first-order chi connectivity index (χ1) is 48.7. The molecule has 19 heteroatoms. The zero-order chi connectivity index (χ0) is 74.6. The summed E-state index contributed by atoms with van der Waals surface area (Å²) >= 11 is 0. The van der Waals surface area contributed by atoms with Gasteiger partial charge in [-0.1, -0.05) is 370 Å². The van der Waals surface area contributed by atoms with Gasteiger partial charge in [-0.2, -0.15) is 0 Å². The Kier molecular flexibility index (Phi) is 69.6. The van der Waals surface area contributed by atoms with E-state index in [1.165, 1.54) is 218 Å². The maximum absolute atomic E-state index is 13.1. The second kappa shape index (κ2) is 71.0. The van der Waals surface area contributed by atoms with Crippen molar-refractivity contribution in [3.63, 3.8) is 0 Å². The number of aliphatic hydroxyl groups is 1. The first-order valence-corrected chi connectivity index (χ1v) is 45.3. The first kappa shape index (κ1) is 99.1. The molecule has 0 spiro atoms. The number of phosphoric ester groups is 2. The highest BCUT2D eigenvalue weighted by molar-refractivity contribution is 7.47. The molecule has 3 N–H and O–H groups in total. The number of hydrogen-bond acceptors (Lipinski definition) is 15. The number of hydrogen-bond donors (Lipinski definition) is 3. The average molecular weight is 1480 g/mol. The standard InChI is InChI=1S/C82H160O17P2/c1-9-74(7)60-52-44-36-28-24-20-15-13-11-12-14-16-22-26-30-39-48-56-64-81(86)98-77(68-92-79(84)62-54-46-38-29-25-21-18-17-19-23-27-34-42-50-58-72(3)4)70-96-100(88,89)94-66-76(83)67-95-101(90,91)97-71-78(69-93-80(85)63-55-47-41-33-35-43-51-59-73(5)6)99-82(87)65-57-49-40-32-31-37-45-53-61-75(8)10-2/h72-78,83H,9-71H2,1-8H3,(H,88,89)(H,90,91)/t74?,75?,76?,77-,78-/m1/s1. The fraction of sp³-hybridized carbons (Fsp3) is 0.951. The molecule has 0 aliphatic carbocycles. The van der Waals surface area contributed by atoms with Crippen LogP contribution in [0.1, 0.15) is 421 Å². The van der Waals surface area contributed by atoms with Gasteiger partial charge in [0.2, 0.25) is 0 Å². The van der Waals surface area contributed by atoms with Crippen molar-refractivity contribution < 1.29 is 80.2 Å². The molecule has 0 aromatic rings. The third kappa shape index (κ3) is 73.4. The van der Waals surface area contributed by atoms with Crippen LogP contribution in [0.2, 0.25) is 0 Å². The van der Waals surface area contributed by atoms with Crippen LogP contribution in [0.3, 0.4) is 0 Å². The Bertz CT molecular complexity index is 1980. The average Bonchev–Trinajstić information content (AvgIpc) is 0.917. The molecule has 0 saturated carbocycles. The van der Waals surface area contributed by atoms with Crippen LogP contribution in [-0.4, -0.2) is 96.7 Å². The monoisotopic (exact) mass is 1480 g/mol. The lowest BCUT2D eigenvalue weighted by atomic mass is 9.99. The summed E-state index contributed by atoms with van der Waals surface area (Å²) < 4.78 is 68.7. The van der Waals surface area contributed by atoms with Crippen LogP contribution >= 0.6 is 15.6 Å². The van der Waals surface area contributed by atoms with Gasteiger partial charge in [0.25, 0.3) is 0 Å². The Morgan fingerprint density at radius 1 is 0.277 bits per heavy atom. The Labute approximate surface area is 619 Å². The Hall–Kier alpha value is -1.94. The van der Waals surface area contributed by atoms with E-state index in [1.807, 2.05) is 0 Å². The molecule has 0 rings (SSSR count). The largest absolute Gasteiger partial charge is 0.472 e. The highest BCUT2D eigenvalue weighted by Gasteiger charge is 2.30. The molecule has 0 heterocycles. The van der Waals surface area contributed by atoms with Gasteiger partial charge in [0.1, 0.15) is 19.3 Å². The Morgan fingerprint density at radius 3 is 0.703 bits per heavy atom. The summed E-state index contributed by atoms with van der Waals surface area (Å²) in [5, 5.41) is 10.6. The number of carbonyl (C=O) groups excluding carboxylic acids is 4. The lowest BCUT2D eigenvalue weighted by Gasteiger charge is -2.21. The molecule has 0 aliphatic rings. The molecular weight excluding hydrogens is 1320 g/mol. The molecule has 0 aromatic carbocycles. The molecule has 101 heavy (non-hydrogen) atoms. The lowest BCUT2D eigenvalue weighted by molar-refractivity contribution is -0.161. The van der Waals surface area contributed by atoms with Crippen LogP contribution in [0.25, 0.3) is 0 Å². The van der Waals surface area contributed by atoms with Crippen LogP contribution < -0.4 is 0 Å². The number of aliphatic hydroxyl groups excluding tert-OH is 1. The SMILES string of the molecule is CCC(C)CCCCCCCCCCCCCCCCCCCCC(=O)O[C@H](COC(=O)CCCCCCCCCCCCCCCCC(C)C)COP(=O)(O)OCC(O)COP(=O)(O)OC[C@@H](COC(=O)CCCCCCCCCC(C)C)OC(=O)CCCCCCCCCCC(C)CC. The van der Waals surface area contributed by atoms with E-state index in [1.54, 1.807) is 0 Å². The molecule has 17 nitrogen and oxygen atoms in total. The second-order valence-electron chi connectivity index (χ2n) is 31.0. The molecule has 0 amide bonds. The normalized spacial score (nSPS) is 14.5. The van der Waals surface area contributed by atoms with Gasteiger partial charge >= 0.3 is 39.5 Å². The predicted molar refractivity (Wildman–Crippen MR) is 414 cm³/mol. The van der Waals surface area contributed by atoms with Crippen molar-refractivity contribution in [1.82, 2.24) is 0 Å². The van der Waals surface area contributed by atoms with Gasteiger partial charge in [0.05, 0.1) is 26.4 Å². The van der Waals surface area contributed by atoms with Crippen molar-refractivity contribution in [3.05, 3.63) is 0 Å². The van der Waals surface area contributed by atoms with E-state index in [2.05, 4.69) is 55.4 Å². The molecular formula is C82H160O17P2.